The quantitative estimate of drug-likeness (QED) is 0.0882. The van der Waals surface area contributed by atoms with Crippen LogP contribution < -0.4 is 25.3 Å². The lowest BCUT2D eigenvalue weighted by molar-refractivity contribution is 0.0595. The second kappa shape index (κ2) is 19.3. The van der Waals surface area contributed by atoms with Gasteiger partial charge in [0.1, 0.15) is 17.0 Å². The Labute approximate surface area is 411 Å². The molecule has 7 nitrogen and oxygen atoms in total. The molecule has 0 unspecified atom stereocenters. The maximum absolute atomic E-state index is 15.6. The van der Waals surface area contributed by atoms with Gasteiger partial charge in [0.25, 0.3) is 5.91 Å². The molecule has 8 aromatic carbocycles. The average Bonchev–Trinajstić information content (AvgIpc) is 3.63. The SMILES string of the molecule is CCN(CC)c1ccc2c(c1)Oc1cc(N(CC)CC)ccc1C21c2ccc(-c3ccc(C(=C(c4ccccc4)c4ccccc4)c4ccccc4)cc3)cc2C(=O)N1NC(=S)Nc1ccccc1. The third kappa shape index (κ3) is 8.21. The summed E-state index contributed by atoms with van der Waals surface area (Å²) in [5.74, 6) is 1.17. The number of thiocarbonyl (C=S) groups is 1. The van der Waals surface area contributed by atoms with Gasteiger partial charge in [0.05, 0.1) is 0 Å². The maximum Gasteiger partial charge on any atom is 0.274 e. The maximum atomic E-state index is 15.6. The van der Waals surface area contributed by atoms with Crippen LogP contribution in [0.2, 0.25) is 0 Å². The van der Waals surface area contributed by atoms with Crippen LogP contribution in [0.25, 0.3) is 22.3 Å². The fourth-order valence-electron chi connectivity index (χ4n) is 10.2. The molecule has 2 aliphatic rings. The lowest BCUT2D eigenvalue weighted by Gasteiger charge is -2.44. The zero-order valence-electron chi connectivity index (χ0n) is 39.4. The Balaban J connectivity index is 1.14. The zero-order chi connectivity index (χ0) is 47.5. The smallest absolute Gasteiger partial charge is 0.274 e. The topological polar surface area (TPSA) is 60.1 Å². The lowest BCUT2D eigenvalue weighted by Crippen LogP contribution is -2.56. The van der Waals surface area contributed by atoms with Crippen LogP contribution in [0.5, 0.6) is 11.5 Å². The molecule has 0 bridgehead atoms. The van der Waals surface area contributed by atoms with Gasteiger partial charge >= 0.3 is 0 Å². The highest BCUT2D eigenvalue weighted by atomic mass is 32.1. The number of carbonyl (C=O) groups excluding carboxylic acids is 1. The third-order valence-corrected chi connectivity index (χ3v) is 13.7. The molecule has 2 N–H and O–H groups in total. The summed E-state index contributed by atoms with van der Waals surface area (Å²) in [5, 5.41) is 5.35. The number of hydrogen-bond acceptors (Lipinski definition) is 5. The first-order valence-electron chi connectivity index (χ1n) is 24.0. The van der Waals surface area contributed by atoms with Crippen molar-refractivity contribution < 1.29 is 9.53 Å². The van der Waals surface area contributed by atoms with E-state index in [-0.39, 0.29) is 5.91 Å². The molecule has 0 saturated heterocycles. The minimum absolute atomic E-state index is 0.204. The molecular formula is C61H55N5O2S. The van der Waals surface area contributed by atoms with Crippen molar-refractivity contribution in [3.05, 3.63) is 245 Å². The molecule has 342 valence electrons. The molecule has 0 aliphatic carbocycles. The van der Waals surface area contributed by atoms with E-state index < -0.39 is 5.54 Å². The van der Waals surface area contributed by atoms with Crippen molar-refractivity contribution in [3.63, 3.8) is 0 Å². The molecule has 8 aromatic rings. The second-order valence-corrected chi connectivity index (χ2v) is 17.7. The number of benzene rings is 8. The molecule has 69 heavy (non-hydrogen) atoms. The van der Waals surface area contributed by atoms with E-state index in [9.17, 15) is 0 Å². The van der Waals surface area contributed by atoms with E-state index in [1.165, 1.54) is 0 Å². The number of nitrogens with one attached hydrogen (secondary N) is 2. The molecule has 0 fully saturated rings. The number of anilines is 3. The van der Waals surface area contributed by atoms with Crippen LogP contribution in [0.15, 0.2) is 200 Å². The lowest BCUT2D eigenvalue weighted by atomic mass is 9.75. The van der Waals surface area contributed by atoms with Gasteiger partial charge in [0, 0.05) is 77.6 Å². The van der Waals surface area contributed by atoms with Gasteiger partial charge in [-0.25, -0.2) is 5.01 Å². The fourth-order valence-corrected chi connectivity index (χ4v) is 10.4. The summed E-state index contributed by atoms with van der Waals surface area (Å²) in [7, 11) is 0. The number of ether oxygens (including phenoxy) is 1. The average molecular weight is 922 g/mol. The van der Waals surface area contributed by atoms with Crippen LogP contribution in [-0.2, 0) is 5.54 Å². The van der Waals surface area contributed by atoms with Gasteiger partial charge < -0.3 is 19.9 Å². The highest BCUT2D eigenvalue weighted by molar-refractivity contribution is 7.80. The molecule has 10 rings (SSSR count). The van der Waals surface area contributed by atoms with Crippen molar-refractivity contribution in [2.75, 3.05) is 41.3 Å². The highest BCUT2D eigenvalue weighted by Gasteiger charge is 2.57. The zero-order valence-corrected chi connectivity index (χ0v) is 40.3. The predicted molar refractivity (Wildman–Crippen MR) is 288 cm³/mol. The number of hydrogen-bond donors (Lipinski definition) is 2. The van der Waals surface area contributed by atoms with E-state index in [2.05, 4.69) is 212 Å². The summed E-state index contributed by atoms with van der Waals surface area (Å²) in [6.45, 7) is 12.0. The Kier molecular flexibility index (Phi) is 12.6. The Bertz CT molecular complexity index is 3070. The van der Waals surface area contributed by atoms with Gasteiger partial charge in [-0.2, -0.15) is 0 Å². The van der Waals surface area contributed by atoms with Crippen LogP contribution in [-0.4, -0.2) is 42.2 Å². The second-order valence-electron chi connectivity index (χ2n) is 17.3. The number of hydrazine groups is 1. The van der Waals surface area contributed by atoms with Crippen molar-refractivity contribution in [1.82, 2.24) is 10.4 Å². The first kappa shape index (κ1) is 44.9. The van der Waals surface area contributed by atoms with Crippen LogP contribution in [0, 0.1) is 0 Å². The van der Waals surface area contributed by atoms with Gasteiger partial charge in [-0.3, -0.25) is 10.2 Å². The fraction of sp³-hybridized carbons (Fsp3) is 0.148. The van der Waals surface area contributed by atoms with Gasteiger partial charge in [-0.05, 0) is 115 Å². The Morgan fingerprint density at radius 1 is 0.507 bits per heavy atom. The first-order chi connectivity index (χ1) is 33.9. The van der Waals surface area contributed by atoms with Crippen molar-refractivity contribution in [3.8, 4) is 22.6 Å². The van der Waals surface area contributed by atoms with Crippen molar-refractivity contribution >= 4 is 51.4 Å². The molecule has 0 radical (unpaired) electrons. The van der Waals surface area contributed by atoms with E-state index in [4.69, 9.17) is 17.0 Å². The molecule has 2 heterocycles. The number of fused-ring (bicyclic) bond motifs is 6. The Hall–Kier alpha value is -7.94. The van der Waals surface area contributed by atoms with Gasteiger partial charge in [0.15, 0.2) is 5.11 Å². The Morgan fingerprint density at radius 3 is 1.39 bits per heavy atom. The minimum atomic E-state index is -1.16. The number of amides is 1. The van der Waals surface area contributed by atoms with Gasteiger partial charge in [-0.15, -0.1) is 0 Å². The number of carbonyl (C=O) groups is 1. The van der Waals surface area contributed by atoms with E-state index in [0.717, 1.165) is 104 Å². The van der Waals surface area contributed by atoms with Crippen molar-refractivity contribution in [2.45, 2.75) is 33.2 Å². The standard InChI is InChI=1S/C61H55N5O2S/c1-5-64(6-2)49-34-37-53-55(40-49)68-56-41-50(65(7-3)8-4)35-38-54(56)61(53)52-36-33-47(39-51(52)59(67)66(61)63-60(69)62-48-27-19-12-20-28-48)42-29-31-46(32-30-42)58(45-25-17-11-18-26-45)57(43-21-13-9-14-22-43)44-23-15-10-16-24-44/h9-41H,5-8H2,1-4H3,(H2,62,63,69). The molecule has 1 amide bonds. The summed E-state index contributed by atoms with van der Waals surface area (Å²) in [6.07, 6.45) is 0. The number of para-hydroxylation sites is 1. The predicted octanol–water partition coefficient (Wildman–Crippen LogP) is 13.8. The number of nitrogens with zero attached hydrogens (tertiary/aromatic N) is 3. The van der Waals surface area contributed by atoms with Crippen LogP contribution in [0.3, 0.4) is 0 Å². The van der Waals surface area contributed by atoms with Crippen molar-refractivity contribution in [2.24, 2.45) is 0 Å². The van der Waals surface area contributed by atoms with Crippen molar-refractivity contribution in [1.29, 1.82) is 0 Å². The van der Waals surface area contributed by atoms with E-state index in [0.29, 0.717) is 22.2 Å². The molecule has 2 aliphatic heterocycles. The molecule has 1 spiro atoms. The monoisotopic (exact) mass is 921 g/mol. The largest absolute Gasteiger partial charge is 0.456 e. The molecule has 8 heteroatoms. The molecule has 0 aromatic heterocycles. The summed E-state index contributed by atoms with van der Waals surface area (Å²) < 4.78 is 6.98. The van der Waals surface area contributed by atoms with Crippen LogP contribution >= 0.6 is 12.2 Å². The number of rotatable bonds is 13. The molecule has 0 saturated carbocycles. The molecular weight excluding hydrogens is 867 g/mol. The van der Waals surface area contributed by atoms with Crippen LogP contribution in [0.1, 0.15) is 77.0 Å². The summed E-state index contributed by atoms with van der Waals surface area (Å²) in [6, 6.07) is 69.4. The molecule has 0 atom stereocenters. The van der Waals surface area contributed by atoms with Gasteiger partial charge in [-0.1, -0.05) is 158 Å². The summed E-state index contributed by atoms with van der Waals surface area (Å²) >= 11 is 6.05. The van der Waals surface area contributed by atoms with E-state index in [1.807, 2.05) is 36.4 Å². The third-order valence-electron chi connectivity index (χ3n) is 13.6. The van der Waals surface area contributed by atoms with Gasteiger partial charge in [0.2, 0.25) is 0 Å². The Morgan fingerprint density at radius 2 is 0.928 bits per heavy atom. The minimum Gasteiger partial charge on any atom is -0.456 e. The van der Waals surface area contributed by atoms with Crippen LogP contribution in [0.4, 0.5) is 17.1 Å². The first-order valence-corrected chi connectivity index (χ1v) is 24.4. The normalized spacial score (nSPS) is 12.9. The highest BCUT2D eigenvalue weighted by Crippen LogP contribution is 2.58. The van der Waals surface area contributed by atoms with E-state index >= 15 is 4.79 Å². The summed E-state index contributed by atoms with van der Waals surface area (Å²) in [5.41, 5.74) is 17.0. The van der Waals surface area contributed by atoms with E-state index in [1.54, 1.807) is 5.01 Å². The summed E-state index contributed by atoms with van der Waals surface area (Å²) in [4.78, 5) is 20.2.